The summed E-state index contributed by atoms with van der Waals surface area (Å²) in [4.78, 5) is 27.0. The molecule has 0 N–H and O–H groups in total. The average Bonchev–Trinajstić information content (AvgIpc) is 1.55. The molecule has 2 aliphatic heterocycles. The second-order valence-electron chi connectivity index (χ2n) is 33.7. The van der Waals surface area contributed by atoms with E-state index in [1.165, 1.54) is 0 Å². The fourth-order valence-electron chi connectivity index (χ4n) is 20.2. The number of rotatable bonds is 12. The summed E-state index contributed by atoms with van der Waals surface area (Å²) in [5.74, 6) is 0. The van der Waals surface area contributed by atoms with E-state index >= 15 is 0 Å². The summed E-state index contributed by atoms with van der Waals surface area (Å²) in [5.41, 5.74) is 34.6. The van der Waals surface area contributed by atoms with Crippen LogP contribution in [0.1, 0.15) is 0 Å². The van der Waals surface area contributed by atoms with E-state index < -0.39 is 0 Å². The molecule has 2 aromatic heterocycles. The van der Waals surface area contributed by atoms with Gasteiger partial charge < -0.3 is 9.97 Å². The van der Waals surface area contributed by atoms with Gasteiger partial charge in [0, 0.05) is 22.3 Å². The van der Waals surface area contributed by atoms with E-state index in [0.29, 0.717) is 0 Å². The number of hydrogen-bond acceptors (Lipinski definition) is 2. The first-order chi connectivity index (χ1) is 63.5. The summed E-state index contributed by atoms with van der Waals surface area (Å²) in [6.07, 6.45) is 0. The van der Waals surface area contributed by atoms with Crippen molar-refractivity contribution >= 4 is 86.7 Å². The Hall–Kier alpha value is -16.2. The first-order valence-corrected chi connectivity index (χ1v) is 44.0. The molecule has 3 aliphatic rings. The van der Waals surface area contributed by atoms with E-state index in [1.54, 1.807) is 0 Å². The molecule has 0 unspecified atom stereocenters. The fraction of sp³-hybridized carbons (Fsp3) is 0. The van der Waals surface area contributed by atoms with E-state index in [1.807, 2.05) is 0 Å². The fourth-order valence-corrected chi connectivity index (χ4v) is 20.2. The average molecular weight is 1820 g/mol. The maximum Gasteiger partial charge on any atom is 2.00 e. The van der Waals surface area contributed by atoms with Crippen LogP contribution < -0.4 is 9.97 Å². The quantitative estimate of drug-likeness (QED) is 0.122. The molecule has 22 aromatic rings. The van der Waals surface area contributed by atoms with Crippen LogP contribution in [0.5, 0.6) is 0 Å². The predicted molar refractivity (Wildman–Crippen MR) is 538 cm³/mol. The van der Waals surface area contributed by atoms with Gasteiger partial charge in [-0.2, -0.15) is 0 Å². The van der Waals surface area contributed by atoms with Gasteiger partial charge in [0.25, 0.3) is 0 Å². The first kappa shape index (κ1) is 76.4. The van der Waals surface area contributed by atoms with Crippen LogP contribution in [-0.4, -0.2) is 9.97 Å². The zero-order valence-electron chi connectivity index (χ0n) is 70.0. The smallest absolute Gasteiger partial charge is 0.656 e. The van der Waals surface area contributed by atoms with Gasteiger partial charge in [0.05, 0.1) is 22.8 Å². The zero-order chi connectivity index (χ0) is 84.3. The SMILES string of the molecule is [Pt+2].c1ccc(-c2ccc(-c3c4nc(c(-c5ccc(-c6ccccc6)cc5-c5ccccc5)c5[n-]c(c(-c6ccc(-c7ccccc7)cc6-c6ccccc6)c6nc(c(-c7ccc(-c8ccccc8)cc7-c7ccccc7)c7[n-]c3c3cc8ccccc8cc73)-c3cc7ccccc7cc3-6)c3cc6ccccc6cc53)-c3cc5ccccc5cc3-4)c(-c3ccccc3)c2)cc1. The Morgan fingerprint density at radius 2 is 0.302 bits per heavy atom. The largest absolute Gasteiger partial charge is 2.00 e. The number of aromatic nitrogens is 4. The van der Waals surface area contributed by atoms with Gasteiger partial charge in [0.2, 0.25) is 0 Å². The van der Waals surface area contributed by atoms with Crippen LogP contribution in [0.4, 0.5) is 0 Å². The van der Waals surface area contributed by atoms with E-state index in [9.17, 15) is 0 Å². The molecule has 8 bridgehead atoms. The summed E-state index contributed by atoms with van der Waals surface area (Å²) in [7, 11) is 0. The molecule has 0 fully saturated rings. The summed E-state index contributed by atoms with van der Waals surface area (Å²) in [5, 5.41) is 12.5. The molecule has 1 aliphatic carbocycles. The molecule has 602 valence electrons. The van der Waals surface area contributed by atoms with Gasteiger partial charge in [0.15, 0.2) is 0 Å². The van der Waals surface area contributed by atoms with Crippen LogP contribution in [0.25, 0.3) is 265 Å². The molecule has 129 heavy (non-hydrogen) atoms. The van der Waals surface area contributed by atoms with Crippen molar-refractivity contribution in [3.05, 3.63) is 461 Å². The number of nitrogens with zero attached hydrogens (tertiary/aromatic N) is 4. The van der Waals surface area contributed by atoms with Crippen LogP contribution in [0.3, 0.4) is 0 Å². The number of hydrogen-bond donors (Lipinski definition) is 0. The van der Waals surface area contributed by atoms with Crippen molar-refractivity contribution in [2.75, 3.05) is 0 Å². The molecule has 20 aromatic carbocycles. The summed E-state index contributed by atoms with van der Waals surface area (Å²) in [6.45, 7) is 0. The molecular formula is C124H76N4Pt. The van der Waals surface area contributed by atoms with Gasteiger partial charge >= 0.3 is 21.1 Å². The van der Waals surface area contributed by atoms with Crippen molar-refractivity contribution in [2.45, 2.75) is 0 Å². The van der Waals surface area contributed by atoms with E-state index in [-0.39, 0.29) is 21.1 Å². The summed E-state index contributed by atoms with van der Waals surface area (Å²) in [6, 6.07) is 170. The van der Waals surface area contributed by atoms with E-state index in [4.69, 9.17) is 19.9 Å². The Bertz CT molecular complexity index is 7630. The third-order valence-corrected chi connectivity index (χ3v) is 26.3. The van der Waals surface area contributed by atoms with Gasteiger partial charge in [-0.25, -0.2) is 9.97 Å². The Labute approximate surface area is 761 Å². The Kier molecular flexibility index (Phi) is 18.8. The molecule has 4 heterocycles. The van der Waals surface area contributed by atoms with Crippen molar-refractivity contribution in [1.29, 1.82) is 0 Å². The van der Waals surface area contributed by atoms with Gasteiger partial charge in [-0.05, 0) is 271 Å². The van der Waals surface area contributed by atoms with Crippen molar-refractivity contribution in [1.82, 2.24) is 19.9 Å². The monoisotopic (exact) mass is 1820 g/mol. The molecule has 25 rings (SSSR count). The summed E-state index contributed by atoms with van der Waals surface area (Å²) < 4.78 is 0. The van der Waals surface area contributed by atoms with Crippen LogP contribution >= 0.6 is 0 Å². The van der Waals surface area contributed by atoms with Crippen LogP contribution in [-0.2, 0) is 21.1 Å². The molecular weight excluding hydrogens is 1740 g/mol. The number of fused-ring (bicyclic) bond motifs is 4. The van der Waals surface area contributed by atoms with Crippen LogP contribution in [0, 0.1) is 0 Å². The zero-order valence-corrected chi connectivity index (χ0v) is 72.3. The molecule has 4 nitrogen and oxygen atoms in total. The van der Waals surface area contributed by atoms with Crippen molar-refractivity contribution in [2.24, 2.45) is 0 Å². The Morgan fingerprint density at radius 1 is 0.132 bits per heavy atom. The van der Waals surface area contributed by atoms with Crippen molar-refractivity contribution in [3.8, 4) is 179 Å². The molecule has 0 radical (unpaired) electrons. The molecule has 0 saturated heterocycles. The van der Waals surface area contributed by atoms with Gasteiger partial charge in [-0.1, -0.05) is 388 Å². The molecule has 5 heteroatoms. The maximum absolute atomic E-state index is 6.74. The molecule has 0 saturated carbocycles. The van der Waals surface area contributed by atoms with Crippen molar-refractivity contribution in [3.63, 3.8) is 0 Å². The number of benzene rings is 20. The third-order valence-electron chi connectivity index (χ3n) is 26.3. The van der Waals surface area contributed by atoms with Gasteiger partial charge in [-0.15, -0.1) is 22.1 Å². The van der Waals surface area contributed by atoms with E-state index in [2.05, 4.69) is 461 Å². The van der Waals surface area contributed by atoms with Crippen molar-refractivity contribution < 1.29 is 21.1 Å². The van der Waals surface area contributed by atoms with Crippen LogP contribution in [0.2, 0.25) is 0 Å². The normalized spacial score (nSPS) is 11.7. The first-order valence-electron chi connectivity index (χ1n) is 44.0. The van der Waals surface area contributed by atoms with E-state index in [0.717, 1.165) is 265 Å². The van der Waals surface area contributed by atoms with Gasteiger partial charge in [0.1, 0.15) is 0 Å². The second kappa shape index (κ2) is 31.8. The third kappa shape index (κ3) is 13.2. The summed E-state index contributed by atoms with van der Waals surface area (Å²) >= 11 is 0. The Balaban J connectivity index is 0.00000924. The second-order valence-corrected chi connectivity index (χ2v) is 33.7. The Morgan fingerprint density at radius 3 is 0.496 bits per heavy atom. The van der Waals surface area contributed by atoms with Crippen LogP contribution in [0.15, 0.2) is 461 Å². The predicted octanol–water partition coefficient (Wildman–Crippen LogP) is 33.2. The molecule has 0 atom stereocenters. The minimum Gasteiger partial charge on any atom is -0.656 e. The van der Waals surface area contributed by atoms with Gasteiger partial charge in [-0.3, -0.25) is 0 Å². The standard InChI is InChI=1S/C124H76N4.Pt/c1-9-33-77(34-10-1)93-57-61-97(101(65-93)81-41-17-5-18-42-81)113-117-105-69-85-49-25-27-51-87(85)71-107(105)119(125-117)114(98-62-58-94(78-35-11-2-12-36-78)66-102(98)82-43-19-6-20-44-82)121-109-73-89-53-29-31-55-91(89)75-111(109)123(127-121)116(100-64-60-96(80-39-15-4-16-40-80)68-104(100)84-47-23-8-24-48-84)124-112-76-92-56-32-30-54-90(92)74-110(112)122(128-124)115(120-108-72-88-52-28-26-50-86(88)70-106(108)118(113)126-120)99-63-59-95(79-37-13-3-14-38-79)67-103(99)83-45-21-7-22-46-83;/h1-76H;/q-2;+2. The maximum atomic E-state index is 6.74. The topological polar surface area (TPSA) is 54.0 Å². The minimum atomic E-state index is 0. The minimum absolute atomic E-state index is 0. The molecule has 0 amide bonds. The molecule has 0 spiro atoms.